The van der Waals surface area contributed by atoms with Crippen LogP contribution in [-0.2, 0) is 4.74 Å². The van der Waals surface area contributed by atoms with Crippen molar-refractivity contribution in [2.45, 2.75) is 76.7 Å². The Hall–Kier alpha value is -5.97. The Morgan fingerprint density at radius 3 is 1.67 bits per heavy atom. The second-order valence-electron chi connectivity index (χ2n) is 15.9. The number of rotatable bonds is 9. The number of amides is 4. The highest BCUT2D eigenvalue weighted by Gasteiger charge is 2.39. The van der Waals surface area contributed by atoms with Gasteiger partial charge < -0.3 is 24.8 Å². The third-order valence-corrected chi connectivity index (χ3v) is 12.5. The average Bonchev–Trinajstić information content (AvgIpc) is 3.70. The molecule has 3 aliphatic heterocycles. The Bertz CT molecular complexity index is 2210. The van der Waals surface area contributed by atoms with Gasteiger partial charge in [0, 0.05) is 62.1 Å². The zero-order valence-electron chi connectivity index (χ0n) is 33.7. The predicted molar refractivity (Wildman–Crippen MR) is 224 cm³/mol. The third-order valence-electron chi connectivity index (χ3n) is 12.5. The lowest BCUT2D eigenvalue weighted by molar-refractivity contribution is 0.0705. The normalized spacial score (nSPS) is 18.7. The van der Waals surface area contributed by atoms with Crippen molar-refractivity contribution >= 4 is 23.5 Å². The highest BCUT2D eigenvalue weighted by molar-refractivity contribution is 5.98. The standard InChI is InChI=1S/C48H52N6O4/c1-4-58-31-45-42(43-27-40(11-5-32(43)2)46(55)52-22-17-38(18-23-52)36-13-7-34(29-49)8-14-36)21-26-54(45)48(57)51-44-28-41(12-6-33(44)3)47(56)53-24-19-39(20-25-53)37-15-9-35(30-50)10-16-37/h5-16,27-28,38-39,42,45H,4,17-26,31H2,1-3H3,(H,51,57). The molecule has 1 N–H and O–H groups in total. The van der Waals surface area contributed by atoms with Crippen LogP contribution in [0, 0.1) is 36.5 Å². The molecule has 3 fully saturated rings. The summed E-state index contributed by atoms with van der Waals surface area (Å²) in [6.45, 7) is 9.96. The fourth-order valence-electron chi connectivity index (χ4n) is 9.02. The van der Waals surface area contributed by atoms with Crippen molar-refractivity contribution in [3.63, 3.8) is 0 Å². The van der Waals surface area contributed by atoms with Crippen LogP contribution in [0.5, 0.6) is 0 Å². The van der Waals surface area contributed by atoms with E-state index in [-0.39, 0.29) is 29.8 Å². The summed E-state index contributed by atoms with van der Waals surface area (Å²) in [5, 5.41) is 21.4. The van der Waals surface area contributed by atoms with Crippen molar-refractivity contribution in [3.05, 3.63) is 135 Å². The minimum Gasteiger partial charge on any atom is -0.380 e. The zero-order chi connectivity index (χ0) is 40.8. The lowest BCUT2D eigenvalue weighted by Gasteiger charge is -2.33. The summed E-state index contributed by atoms with van der Waals surface area (Å²) in [5.41, 5.74) is 8.51. The molecule has 0 aromatic heterocycles. The Balaban J connectivity index is 1.00. The van der Waals surface area contributed by atoms with E-state index in [1.807, 2.05) is 107 Å². The number of carbonyl (C=O) groups is 3. The minimum absolute atomic E-state index is 0.0200. The highest BCUT2D eigenvalue weighted by atomic mass is 16.5. The molecule has 0 spiro atoms. The molecular formula is C48H52N6O4. The fourth-order valence-corrected chi connectivity index (χ4v) is 9.02. The van der Waals surface area contributed by atoms with Crippen molar-refractivity contribution in [3.8, 4) is 12.1 Å². The number of hydrogen-bond acceptors (Lipinski definition) is 6. The van der Waals surface area contributed by atoms with Crippen LogP contribution in [-0.4, -0.2) is 84.5 Å². The van der Waals surface area contributed by atoms with Crippen molar-refractivity contribution in [1.82, 2.24) is 14.7 Å². The molecule has 2 unspecified atom stereocenters. The van der Waals surface area contributed by atoms with Crippen LogP contribution in [0.3, 0.4) is 0 Å². The molecule has 10 nitrogen and oxygen atoms in total. The topological polar surface area (TPSA) is 130 Å². The first-order valence-corrected chi connectivity index (χ1v) is 20.6. The first-order chi connectivity index (χ1) is 28.2. The molecule has 58 heavy (non-hydrogen) atoms. The quantitative estimate of drug-likeness (QED) is 0.182. The van der Waals surface area contributed by atoms with E-state index in [9.17, 15) is 14.4 Å². The van der Waals surface area contributed by atoms with Gasteiger partial charge in [-0.15, -0.1) is 0 Å². The first-order valence-electron chi connectivity index (χ1n) is 20.6. The van der Waals surface area contributed by atoms with E-state index in [1.165, 1.54) is 11.1 Å². The maximum Gasteiger partial charge on any atom is 0.322 e. The van der Waals surface area contributed by atoms with Crippen LogP contribution in [0.4, 0.5) is 10.5 Å². The van der Waals surface area contributed by atoms with Gasteiger partial charge in [-0.1, -0.05) is 36.4 Å². The Kier molecular flexibility index (Phi) is 12.5. The molecule has 0 saturated carbocycles. The molecule has 3 aliphatic rings. The molecule has 0 aliphatic carbocycles. The van der Waals surface area contributed by atoms with Gasteiger partial charge in [0.2, 0.25) is 0 Å². The summed E-state index contributed by atoms with van der Waals surface area (Å²) in [4.78, 5) is 47.4. The summed E-state index contributed by atoms with van der Waals surface area (Å²) < 4.78 is 5.98. The number of hydrogen-bond donors (Lipinski definition) is 1. The number of nitriles is 2. The van der Waals surface area contributed by atoms with Gasteiger partial charge in [0.1, 0.15) is 0 Å². The summed E-state index contributed by atoms with van der Waals surface area (Å²) in [7, 11) is 0. The number of anilines is 1. The van der Waals surface area contributed by atoms with Crippen LogP contribution in [0.15, 0.2) is 84.9 Å². The number of nitrogens with zero attached hydrogens (tertiary/aromatic N) is 5. The SMILES string of the molecule is CCOCC1C(c2cc(C(=O)N3CCC(c4ccc(C#N)cc4)CC3)ccc2C)CCN1C(=O)Nc1cc(C(=O)N2CCC(c3ccc(C#N)cc3)CC2)ccc1C. The minimum atomic E-state index is -0.241. The van der Waals surface area contributed by atoms with Gasteiger partial charge in [-0.05, 0) is 141 Å². The summed E-state index contributed by atoms with van der Waals surface area (Å²) in [6, 6.07) is 30.9. The van der Waals surface area contributed by atoms with Gasteiger partial charge in [0.25, 0.3) is 11.8 Å². The van der Waals surface area contributed by atoms with Gasteiger partial charge in [-0.2, -0.15) is 10.5 Å². The number of benzene rings is 4. The van der Waals surface area contributed by atoms with E-state index < -0.39 is 0 Å². The maximum absolute atomic E-state index is 14.1. The molecule has 4 aromatic rings. The molecule has 0 bridgehead atoms. The van der Waals surface area contributed by atoms with Gasteiger partial charge >= 0.3 is 6.03 Å². The van der Waals surface area contributed by atoms with E-state index in [1.54, 1.807) is 6.07 Å². The number of likely N-dealkylation sites (tertiary alicyclic amines) is 3. The molecule has 7 rings (SSSR count). The Morgan fingerprint density at radius 2 is 1.17 bits per heavy atom. The Labute approximate surface area is 342 Å². The van der Waals surface area contributed by atoms with E-state index in [0.717, 1.165) is 48.8 Å². The van der Waals surface area contributed by atoms with Gasteiger partial charge in [-0.25, -0.2) is 4.79 Å². The molecule has 298 valence electrons. The molecule has 3 saturated heterocycles. The van der Waals surface area contributed by atoms with Crippen molar-refractivity contribution in [2.24, 2.45) is 0 Å². The number of aryl methyl sites for hydroxylation is 2. The van der Waals surface area contributed by atoms with Crippen LogP contribution < -0.4 is 5.32 Å². The molecule has 3 heterocycles. The van der Waals surface area contributed by atoms with Crippen molar-refractivity contribution in [1.29, 1.82) is 10.5 Å². The summed E-state index contributed by atoms with van der Waals surface area (Å²) in [5.74, 6) is 0.652. The average molecular weight is 777 g/mol. The van der Waals surface area contributed by atoms with Gasteiger partial charge in [-0.3, -0.25) is 9.59 Å². The number of nitrogens with one attached hydrogen (secondary N) is 1. The van der Waals surface area contributed by atoms with E-state index in [0.29, 0.717) is 85.7 Å². The van der Waals surface area contributed by atoms with E-state index >= 15 is 0 Å². The lowest BCUT2D eigenvalue weighted by atomic mass is 9.87. The van der Waals surface area contributed by atoms with Crippen LogP contribution in [0.25, 0.3) is 0 Å². The smallest absolute Gasteiger partial charge is 0.322 e. The second kappa shape index (κ2) is 18.1. The van der Waals surface area contributed by atoms with Crippen LogP contribution >= 0.6 is 0 Å². The monoisotopic (exact) mass is 776 g/mol. The fraction of sp³-hybridized carbons (Fsp3) is 0.396. The molecule has 4 aromatic carbocycles. The van der Waals surface area contributed by atoms with E-state index in [4.69, 9.17) is 15.3 Å². The summed E-state index contributed by atoms with van der Waals surface area (Å²) in [6.07, 6.45) is 4.17. The second-order valence-corrected chi connectivity index (χ2v) is 15.9. The van der Waals surface area contributed by atoms with E-state index in [2.05, 4.69) is 24.4 Å². The molecule has 10 heteroatoms. The zero-order valence-corrected chi connectivity index (χ0v) is 33.7. The van der Waals surface area contributed by atoms with Crippen molar-refractivity contribution in [2.75, 3.05) is 51.3 Å². The molecule has 4 amide bonds. The predicted octanol–water partition coefficient (Wildman–Crippen LogP) is 8.51. The van der Waals surface area contributed by atoms with Gasteiger partial charge in [0.15, 0.2) is 0 Å². The molecule has 0 radical (unpaired) electrons. The van der Waals surface area contributed by atoms with Crippen LogP contribution in [0.1, 0.15) is 116 Å². The number of urea groups is 1. The largest absolute Gasteiger partial charge is 0.380 e. The molecule has 2 atom stereocenters. The lowest BCUT2D eigenvalue weighted by Crippen LogP contribution is -2.43. The number of carbonyl (C=O) groups excluding carboxylic acids is 3. The first kappa shape index (κ1) is 40.2. The van der Waals surface area contributed by atoms with Crippen molar-refractivity contribution < 1.29 is 19.1 Å². The Morgan fingerprint density at radius 1 is 0.672 bits per heavy atom. The third kappa shape index (κ3) is 8.78. The van der Waals surface area contributed by atoms with Gasteiger partial charge in [0.05, 0.1) is 35.9 Å². The number of piperidine rings is 2. The molecular weight excluding hydrogens is 725 g/mol. The van der Waals surface area contributed by atoms with Crippen LogP contribution in [0.2, 0.25) is 0 Å². The summed E-state index contributed by atoms with van der Waals surface area (Å²) >= 11 is 0. The number of ether oxygens (including phenoxy) is 1. The highest BCUT2D eigenvalue weighted by Crippen LogP contribution is 2.38. The maximum atomic E-state index is 14.1.